The lowest BCUT2D eigenvalue weighted by atomic mass is 9.73. The van der Waals surface area contributed by atoms with Crippen molar-refractivity contribution < 1.29 is 19.9 Å². The van der Waals surface area contributed by atoms with Crippen molar-refractivity contribution in [2.45, 2.75) is 31.5 Å². The first-order valence-electron chi connectivity index (χ1n) is 6.06. The van der Waals surface area contributed by atoms with Gasteiger partial charge in [0, 0.05) is 18.1 Å². The number of Topliss-reactive ketones (excluding diaryl/α,β-unsaturated/α-hetero) is 1. The van der Waals surface area contributed by atoms with Crippen LogP contribution in [0.5, 0.6) is 0 Å². The number of rotatable bonds is 2. The van der Waals surface area contributed by atoms with Crippen LogP contribution < -0.4 is 0 Å². The Balaban J connectivity index is 2.29. The van der Waals surface area contributed by atoms with E-state index in [9.17, 15) is 25.1 Å². The summed E-state index contributed by atoms with van der Waals surface area (Å²) >= 11 is 0. The van der Waals surface area contributed by atoms with Gasteiger partial charge in [0.05, 0.1) is 11.0 Å². The van der Waals surface area contributed by atoms with Gasteiger partial charge in [0.15, 0.2) is 5.78 Å². The van der Waals surface area contributed by atoms with Crippen LogP contribution in [-0.4, -0.2) is 33.1 Å². The number of hydrogen-bond acceptors (Lipinski definition) is 5. The van der Waals surface area contributed by atoms with Gasteiger partial charge >= 0.3 is 0 Å². The molecule has 102 valence electrons. The standard InChI is InChI=1S/C13H15NO5/c1-7-6-10(15)12(16)13(17)11(7)8-2-4-9(5-3-8)14(18)19/h2-5,7,10-12,15-16H,6H2,1H3/t7-,10-,11-,12-/m1/s1. The summed E-state index contributed by atoms with van der Waals surface area (Å²) < 4.78 is 0. The molecule has 6 heteroatoms. The van der Waals surface area contributed by atoms with E-state index in [4.69, 9.17) is 0 Å². The molecule has 0 aromatic heterocycles. The topological polar surface area (TPSA) is 101 Å². The number of hydrogen-bond donors (Lipinski definition) is 2. The van der Waals surface area contributed by atoms with Gasteiger partial charge in [-0.2, -0.15) is 0 Å². The van der Waals surface area contributed by atoms with Crippen molar-refractivity contribution in [3.8, 4) is 0 Å². The van der Waals surface area contributed by atoms with Gasteiger partial charge in [-0.3, -0.25) is 14.9 Å². The van der Waals surface area contributed by atoms with Crippen LogP contribution in [0.3, 0.4) is 0 Å². The molecular weight excluding hydrogens is 250 g/mol. The van der Waals surface area contributed by atoms with Crippen molar-refractivity contribution in [2.75, 3.05) is 0 Å². The Morgan fingerprint density at radius 3 is 2.37 bits per heavy atom. The SMILES string of the molecule is C[C@@H]1C[C@@H](O)[C@@H](O)C(=O)[C@H]1c1ccc([N+](=O)[O-])cc1. The Labute approximate surface area is 109 Å². The van der Waals surface area contributed by atoms with Crippen molar-refractivity contribution in [3.05, 3.63) is 39.9 Å². The number of carbonyl (C=O) groups excluding carboxylic acids is 1. The van der Waals surface area contributed by atoms with Crippen molar-refractivity contribution >= 4 is 11.5 Å². The van der Waals surface area contributed by atoms with Crippen LogP contribution in [0.2, 0.25) is 0 Å². The summed E-state index contributed by atoms with van der Waals surface area (Å²) in [6.07, 6.45) is -2.08. The Hall–Kier alpha value is -1.79. The lowest BCUT2D eigenvalue weighted by Crippen LogP contribution is -2.45. The van der Waals surface area contributed by atoms with Crippen molar-refractivity contribution in [3.63, 3.8) is 0 Å². The minimum absolute atomic E-state index is 0.0414. The molecule has 1 aliphatic rings. The van der Waals surface area contributed by atoms with Crippen molar-refractivity contribution in [1.82, 2.24) is 0 Å². The maximum Gasteiger partial charge on any atom is 0.269 e. The lowest BCUT2D eigenvalue weighted by Gasteiger charge is -2.34. The molecule has 1 fully saturated rings. The summed E-state index contributed by atoms with van der Waals surface area (Å²) in [5, 5.41) is 29.7. The van der Waals surface area contributed by atoms with E-state index in [0.717, 1.165) is 0 Å². The van der Waals surface area contributed by atoms with Gasteiger partial charge in [-0.15, -0.1) is 0 Å². The third kappa shape index (κ3) is 2.50. The number of aliphatic hydroxyl groups is 2. The van der Waals surface area contributed by atoms with E-state index < -0.39 is 28.8 Å². The van der Waals surface area contributed by atoms with Crippen LogP contribution in [0.4, 0.5) is 5.69 Å². The lowest BCUT2D eigenvalue weighted by molar-refractivity contribution is -0.384. The molecule has 0 unspecified atom stereocenters. The van der Waals surface area contributed by atoms with E-state index in [1.807, 2.05) is 6.92 Å². The van der Waals surface area contributed by atoms with Crippen LogP contribution in [0.25, 0.3) is 0 Å². The first-order chi connectivity index (χ1) is 8.91. The monoisotopic (exact) mass is 265 g/mol. The minimum atomic E-state index is -1.38. The number of nitro groups is 1. The summed E-state index contributed by atoms with van der Waals surface area (Å²) in [6.45, 7) is 1.82. The molecule has 0 radical (unpaired) electrons. The van der Waals surface area contributed by atoms with Gasteiger partial charge in [-0.05, 0) is 17.9 Å². The highest BCUT2D eigenvalue weighted by molar-refractivity contribution is 5.91. The quantitative estimate of drug-likeness (QED) is 0.614. The molecule has 0 heterocycles. The predicted molar refractivity (Wildman–Crippen MR) is 66.6 cm³/mol. The third-order valence-electron chi connectivity index (χ3n) is 3.61. The van der Waals surface area contributed by atoms with Crippen molar-refractivity contribution in [1.29, 1.82) is 0 Å². The molecule has 2 rings (SSSR count). The summed E-state index contributed by atoms with van der Waals surface area (Å²) in [5.74, 6) is -1.08. The maximum absolute atomic E-state index is 12.0. The molecule has 6 nitrogen and oxygen atoms in total. The third-order valence-corrected chi connectivity index (χ3v) is 3.61. The highest BCUT2D eigenvalue weighted by Gasteiger charge is 2.41. The van der Waals surface area contributed by atoms with Crippen LogP contribution in [0.1, 0.15) is 24.8 Å². The largest absolute Gasteiger partial charge is 0.390 e. The predicted octanol–water partition coefficient (Wildman–Crippen LogP) is 1.01. The zero-order valence-electron chi connectivity index (χ0n) is 10.4. The molecule has 1 aromatic rings. The minimum Gasteiger partial charge on any atom is -0.390 e. The molecule has 19 heavy (non-hydrogen) atoms. The molecule has 2 N–H and O–H groups in total. The second-order valence-electron chi connectivity index (χ2n) is 4.95. The average molecular weight is 265 g/mol. The zero-order valence-corrected chi connectivity index (χ0v) is 10.4. The molecule has 0 saturated heterocycles. The van der Waals surface area contributed by atoms with E-state index in [1.54, 1.807) is 0 Å². The summed E-state index contributed by atoms with van der Waals surface area (Å²) in [6, 6.07) is 5.74. The number of non-ortho nitro benzene ring substituents is 1. The Kier molecular flexibility index (Phi) is 3.64. The van der Waals surface area contributed by atoms with Crippen LogP contribution in [0.15, 0.2) is 24.3 Å². The van der Waals surface area contributed by atoms with E-state index in [1.165, 1.54) is 24.3 Å². The fourth-order valence-electron chi connectivity index (χ4n) is 2.60. The van der Waals surface area contributed by atoms with Gasteiger partial charge < -0.3 is 10.2 Å². The fraction of sp³-hybridized carbons (Fsp3) is 0.462. The summed E-state index contributed by atoms with van der Waals surface area (Å²) in [4.78, 5) is 22.1. The fourth-order valence-corrected chi connectivity index (χ4v) is 2.60. The number of aliphatic hydroxyl groups excluding tert-OH is 2. The van der Waals surface area contributed by atoms with E-state index >= 15 is 0 Å². The normalized spacial score (nSPS) is 31.2. The van der Waals surface area contributed by atoms with Crippen molar-refractivity contribution in [2.24, 2.45) is 5.92 Å². The second kappa shape index (κ2) is 5.07. The van der Waals surface area contributed by atoms with Crippen LogP contribution in [-0.2, 0) is 4.79 Å². The maximum atomic E-state index is 12.0. The molecule has 0 aliphatic heterocycles. The summed E-state index contributed by atoms with van der Waals surface area (Å²) in [7, 11) is 0. The first-order valence-corrected chi connectivity index (χ1v) is 6.06. The van der Waals surface area contributed by atoms with Gasteiger partial charge in [-0.1, -0.05) is 19.1 Å². The Bertz CT molecular complexity index is 498. The molecule has 0 bridgehead atoms. The molecule has 1 aliphatic carbocycles. The number of nitrogens with zero attached hydrogens (tertiary/aromatic N) is 1. The van der Waals surface area contributed by atoms with Gasteiger partial charge in [-0.25, -0.2) is 0 Å². The summed E-state index contributed by atoms with van der Waals surface area (Å²) in [5.41, 5.74) is 0.592. The smallest absolute Gasteiger partial charge is 0.269 e. The highest BCUT2D eigenvalue weighted by atomic mass is 16.6. The van der Waals surface area contributed by atoms with Gasteiger partial charge in [0.1, 0.15) is 6.10 Å². The van der Waals surface area contributed by atoms with Crippen LogP contribution >= 0.6 is 0 Å². The molecule has 4 atom stereocenters. The Morgan fingerprint density at radius 1 is 1.26 bits per heavy atom. The number of benzene rings is 1. The van der Waals surface area contributed by atoms with Gasteiger partial charge in [0.25, 0.3) is 5.69 Å². The first kappa shape index (κ1) is 13.6. The molecule has 0 spiro atoms. The zero-order chi connectivity index (χ0) is 14.2. The number of nitro benzene ring substituents is 1. The number of carbonyl (C=O) groups is 1. The van der Waals surface area contributed by atoms with E-state index in [-0.39, 0.29) is 11.6 Å². The van der Waals surface area contributed by atoms with Gasteiger partial charge in [0.2, 0.25) is 0 Å². The van der Waals surface area contributed by atoms with E-state index in [2.05, 4.69) is 0 Å². The van der Waals surface area contributed by atoms with E-state index in [0.29, 0.717) is 12.0 Å². The molecule has 0 amide bonds. The average Bonchev–Trinajstić information content (AvgIpc) is 2.37. The molecule has 1 aromatic carbocycles. The highest BCUT2D eigenvalue weighted by Crippen LogP contribution is 2.35. The molecule has 1 saturated carbocycles. The second-order valence-corrected chi connectivity index (χ2v) is 4.95. The Morgan fingerprint density at radius 2 is 1.84 bits per heavy atom. The van der Waals surface area contributed by atoms with Crippen LogP contribution in [0, 0.1) is 16.0 Å². The molecular formula is C13H15NO5. The number of ketones is 1.